The van der Waals surface area contributed by atoms with Gasteiger partial charge in [-0.05, 0) is 23.8 Å². The lowest BCUT2D eigenvalue weighted by Gasteiger charge is -2.07. The Bertz CT molecular complexity index is 877. The van der Waals surface area contributed by atoms with Crippen molar-refractivity contribution in [1.82, 2.24) is 4.57 Å². The van der Waals surface area contributed by atoms with Crippen LogP contribution >= 0.6 is 15.9 Å². The number of aromatic nitrogens is 2. The van der Waals surface area contributed by atoms with Crippen molar-refractivity contribution in [1.29, 1.82) is 0 Å². The van der Waals surface area contributed by atoms with Crippen molar-refractivity contribution in [2.24, 2.45) is 0 Å². The summed E-state index contributed by atoms with van der Waals surface area (Å²) in [4.78, 5) is 12.4. The largest absolute Gasteiger partial charge is 0.486 e. The third-order valence-electron chi connectivity index (χ3n) is 4.37. The molecule has 0 fully saturated rings. The van der Waals surface area contributed by atoms with Crippen LogP contribution < -0.4 is 9.30 Å². The topological polar surface area (TPSA) is 35.1 Å². The highest BCUT2D eigenvalue weighted by molar-refractivity contribution is 9.10. The Morgan fingerprint density at radius 3 is 2.80 bits per heavy atom. The number of ether oxygens (including phenoxy) is 1. The zero-order valence-electron chi connectivity index (χ0n) is 13.6. The number of ketones is 1. The molecule has 0 radical (unpaired) electrons. The molecule has 25 heavy (non-hydrogen) atoms. The molecule has 4 rings (SSSR count). The molecule has 1 atom stereocenters. The van der Waals surface area contributed by atoms with E-state index in [2.05, 4.69) is 26.6 Å². The Hall–Kier alpha value is -2.40. The number of carbonyl (C=O) groups excluding carboxylic acids is 1. The smallest absolute Gasteiger partial charge is 0.244 e. The van der Waals surface area contributed by atoms with Gasteiger partial charge < -0.3 is 4.74 Å². The highest BCUT2D eigenvalue weighted by atomic mass is 79.9. The van der Waals surface area contributed by atoms with Crippen LogP contribution in [0.3, 0.4) is 0 Å². The second-order valence-electron chi connectivity index (χ2n) is 6.26. The lowest BCUT2D eigenvalue weighted by atomic mass is 10.1. The molecule has 0 saturated carbocycles. The van der Waals surface area contributed by atoms with Crippen molar-refractivity contribution in [2.75, 3.05) is 0 Å². The van der Waals surface area contributed by atoms with Crippen LogP contribution in [0.2, 0.25) is 0 Å². The van der Waals surface area contributed by atoms with Crippen LogP contribution in [-0.4, -0.2) is 16.5 Å². The quantitative estimate of drug-likeness (QED) is 0.488. The van der Waals surface area contributed by atoms with E-state index in [1.165, 1.54) is 5.56 Å². The fourth-order valence-electron chi connectivity index (χ4n) is 3.12. The molecule has 0 saturated heterocycles. The molecule has 0 N–H and O–H groups in total. The third kappa shape index (κ3) is 3.66. The summed E-state index contributed by atoms with van der Waals surface area (Å²) >= 11 is 3.39. The van der Waals surface area contributed by atoms with E-state index in [0.29, 0.717) is 6.54 Å². The predicted molar refractivity (Wildman–Crippen MR) is 97.7 cm³/mol. The van der Waals surface area contributed by atoms with Gasteiger partial charge in [0, 0.05) is 16.5 Å². The zero-order valence-corrected chi connectivity index (χ0v) is 15.2. The summed E-state index contributed by atoms with van der Waals surface area (Å²) in [7, 11) is 0. The maximum Gasteiger partial charge on any atom is 0.244 e. The van der Waals surface area contributed by atoms with Gasteiger partial charge in [-0.15, -0.1) is 0 Å². The fourth-order valence-corrected chi connectivity index (χ4v) is 3.39. The lowest BCUT2D eigenvalue weighted by Crippen LogP contribution is -2.36. The summed E-state index contributed by atoms with van der Waals surface area (Å²) < 4.78 is 10.9. The van der Waals surface area contributed by atoms with E-state index in [9.17, 15) is 4.79 Å². The molecule has 1 unspecified atom stereocenters. The van der Waals surface area contributed by atoms with Crippen molar-refractivity contribution >= 4 is 21.7 Å². The van der Waals surface area contributed by atoms with Crippen LogP contribution in [-0.2, 0) is 19.5 Å². The molecule has 1 aliphatic rings. The first-order chi connectivity index (χ1) is 12.2. The summed E-state index contributed by atoms with van der Waals surface area (Å²) in [5.41, 5.74) is 1.98. The Morgan fingerprint density at radius 1 is 1.20 bits per heavy atom. The SMILES string of the molecule is O=C(C[n+]1ccn(CC2Cc3ccccc3O2)c1)c1ccc(Br)cc1. The maximum atomic E-state index is 12.4. The molecular weight excluding hydrogens is 380 g/mol. The molecule has 0 bridgehead atoms. The van der Waals surface area contributed by atoms with E-state index < -0.39 is 0 Å². The molecule has 0 spiro atoms. The molecular formula is C20H18BrN2O2+. The van der Waals surface area contributed by atoms with Gasteiger partial charge in [0.1, 0.15) is 30.8 Å². The standard InChI is InChI=1S/C20H18BrN2O2/c21-17-7-5-15(6-8-17)19(24)13-23-10-9-22(14-23)12-18-11-16-3-1-2-4-20(16)25-18/h1-10,14,18H,11-13H2/q+1. The Balaban J connectivity index is 1.38. The van der Waals surface area contributed by atoms with Gasteiger partial charge in [0.05, 0.1) is 0 Å². The second-order valence-corrected chi connectivity index (χ2v) is 7.18. The molecule has 3 aromatic rings. The number of imidazole rings is 1. The van der Waals surface area contributed by atoms with Crippen molar-refractivity contribution in [3.63, 3.8) is 0 Å². The van der Waals surface area contributed by atoms with Gasteiger partial charge in [-0.2, -0.15) is 0 Å². The molecule has 2 heterocycles. The van der Waals surface area contributed by atoms with E-state index in [0.717, 1.165) is 28.8 Å². The van der Waals surface area contributed by atoms with E-state index in [-0.39, 0.29) is 11.9 Å². The van der Waals surface area contributed by atoms with Gasteiger partial charge in [-0.25, -0.2) is 9.13 Å². The van der Waals surface area contributed by atoms with Crippen LogP contribution in [0, 0.1) is 0 Å². The first-order valence-corrected chi connectivity index (χ1v) is 9.05. The highest BCUT2D eigenvalue weighted by Gasteiger charge is 2.24. The van der Waals surface area contributed by atoms with Gasteiger partial charge in [0.15, 0.2) is 6.54 Å². The Labute approximate surface area is 154 Å². The fraction of sp³-hybridized carbons (Fsp3) is 0.200. The average molecular weight is 398 g/mol. The molecule has 0 aliphatic carbocycles. The summed E-state index contributed by atoms with van der Waals surface area (Å²) in [5.74, 6) is 1.08. The first-order valence-electron chi connectivity index (χ1n) is 8.25. The van der Waals surface area contributed by atoms with E-state index in [1.807, 2.05) is 65.8 Å². The van der Waals surface area contributed by atoms with Crippen LogP contribution in [0.1, 0.15) is 15.9 Å². The predicted octanol–water partition coefficient (Wildman–Crippen LogP) is 3.42. The number of nitrogens with zero attached hydrogens (tertiary/aromatic N) is 2. The number of benzene rings is 2. The van der Waals surface area contributed by atoms with Crippen LogP contribution in [0.4, 0.5) is 0 Å². The minimum atomic E-state index is 0.0970. The first kappa shape index (κ1) is 16.1. The maximum absolute atomic E-state index is 12.4. The van der Waals surface area contributed by atoms with E-state index in [1.54, 1.807) is 0 Å². The molecule has 126 valence electrons. The van der Waals surface area contributed by atoms with Gasteiger partial charge in [0.25, 0.3) is 0 Å². The summed E-state index contributed by atoms with van der Waals surface area (Å²) in [6.45, 7) is 1.11. The number of hydrogen-bond acceptors (Lipinski definition) is 2. The van der Waals surface area contributed by atoms with Gasteiger partial charge >= 0.3 is 0 Å². The number of Topliss-reactive ketones (excluding diaryl/α,β-unsaturated/α-hetero) is 1. The molecule has 0 amide bonds. The minimum absolute atomic E-state index is 0.0970. The van der Waals surface area contributed by atoms with Gasteiger partial charge in [0.2, 0.25) is 12.1 Å². The number of halogens is 1. The highest BCUT2D eigenvalue weighted by Crippen LogP contribution is 2.28. The summed E-state index contributed by atoms with van der Waals surface area (Å²) in [6.07, 6.45) is 6.94. The minimum Gasteiger partial charge on any atom is -0.486 e. The monoisotopic (exact) mass is 397 g/mol. The molecule has 2 aromatic carbocycles. The number of hydrogen-bond donors (Lipinski definition) is 0. The zero-order chi connectivity index (χ0) is 17.2. The van der Waals surface area contributed by atoms with Crippen LogP contribution in [0.25, 0.3) is 0 Å². The number of fused-ring (bicyclic) bond motifs is 1. The Morgan fingerprint density at radius 2 is 2.00 bits per heavy atom. The van der Waals surface area contributed by atoms with E-state index in [4.69, 9.17) is 4.74 Å². The second kappa shape index (κ2) is 6.84. The molecule has 5 heteroatoms. The molecule has 1 aliphatic heterocycles. The normalized spacial score (nSPS) is 15.6. The van der Waals surface area contributed by atoms with Crippen molar-refractivity contribution in [2.45, 2.75) is 25.6 Å². The van der Waals surface area contributed by atoms with Crippen molar-refractivity contribution in [3.8, 4) is 5.75 Å². The van der Waals surface area contributed by atoms with Crippen molar-refractivity contribution < 1.29 is 14.1 Å². The van der Waals surface area contributed by atoms with Crippen LogP contribution in [0.5, 0.6) is 5.75 Å². The lowest BCUT2D eigenvalue weighted by molar-refractivity contribution is -0.682. The summed E-state index contributed by atoms with van der Waals surface area (Å²) in [5, 5.41) is 0. The number of rotatable bonds is 5. The molecule has 1 aromatic heterocycles. The van der Waals surface area contributed by atoms with Gasteiger partial charge in [-0.1, -0.05) is 46.3 Å². The third-order valence-corrected chi connectivity index (χ3v) is 4.90. The van der Waals surface area contributed by atoms with E-state index >= 15 is 0 Å². The average Bonchev–Trinajstić information content (AvgIpc) is 3.21. The summed E-state index contributed by atoms with van der Waals surface area (Å²) in [6, 6.07) is 15.6. The van der Waals surface area contributed by atoms with Crippen molar-refractivity contribution in [3.05, 3.63) is 82.9 Å². The number of para-hydroxylation sites is 1. The molecule has 4 nitrogen and oxygen atoms in total. The van der Waals surface area contributed by atoms with Crippen LogP contribution in [0.15, 0.2) is 71.7 Å². The number of carbonyl (C=O) groups is 1. The Kier molecular flexibility index (Phi) is 4.40. The van der Waals surface area contributed by atoms with Gasteiger partial charge in [-0.3, -0.25) is 4.79 Å².